The first-order valence-electron chi connectivity index (χ1n) is 6.24. The Morgan fingerprint density at radius 2 is 1.95 bits per heavy atom. The fourth-order valence-corrected chi connectivity index (χ4v) is 2.45. The third-order valence-electron chi connectivity index (χ3n) is 2.93. The van der Waals surface area contributed by atoms with Gasteiger partial charge in [-0.05, 0) is 25.0 Å². The number of nitrogens with zero attached hydrogens (tertiary/aromatic N) is 2. The maximum atomic E-state index is 12.4. The van der Waals surface area contributed by atoms with Crippen LogP contribution >= 0.6 is 11.3 Å². The molecule has 1 aliphatic rings. The first-order chi connectivity index (χ1) is 9.91. The van der Waals surface area contributed by atoms with Gasteiger partial charge < -0.3 is 4.98 Å². The van der Waals surface area contributed by atoms with Gasteiger partial charge in [0.05, 0.1) is 11.4 Å². The molecule has 2 aromatic heterocycles. The predicted molar refractivity (Wildman–Crippen MR) is 72.9 cm³/mol. The number of H-pyrrole nitrogens is 1. The molecule has 1 N–H and O–H groups in total. The van der Waals surface area contributed by atoms with Gasteiger partial charge in [0.25, 0.3) is 5.56 Å². The van der Waals surface area contributed by atoms with Gasteiger partial charge in [-0.25, -0.2) is 9.97 Å². The highest BCUT2D eigenvalue weighted by atomic mass is 32.1. The van der Waals surface area contributed by atoms with E-state index in [1.54, 1.807) is 0 Å². The van der Waals surface area contributed by atoms with Gasteiger partial charge in [0.15, 0.2) is 5.01 Å². The number of alkyl halides is 3. The lowest BCUT2D eigenvalue weighted by molar-refractivity contribution is -0.137. The number of nitrogens with one attached hydrogen (secondary N) is 1. The second-order valence-electron chi connectivity index (χ2n) is 4.74. The van der Waals surface area contributed by atoms with Crippen LogP contribution in [0.2, 0.25) is 0 Å². The lowest BCUT2D eigenvalue weighted by atomic mass is 10.3. The van der Waals surface area contributed by atoms with Crippen LogP contribution in [0.3, 0.4) is 0 Å². The molecule has 4 nitrogen and oxygen atoms in total. The summed E-state index contributed by atoms with van der Waals surface area (Å²) in [5.74, 6) is 0.929. The molecule has 0 atom stereocenters. The maximum Gasteiger partial charge on any atom is 0.443 e. The number of aromatic nitrogens is 3. The summed E-state index contributed by atoms with van der Waals surface area (Å²) in [6.07, 6.45) is 0.479. The van der Waals surface area contributed by atoms with Crippen LogP contribution in [0, 0.1) is 0 Å². The molecular formula is C13H10F3N3OS. The van der Waals surface area contributed by atoms with Gasteiger partial charge in [-0.2, -0.15) is 13.2 Å². The SMILES string of the molecule is O=c1cc(/C=C/c2csc(C(F)(F)F)n2)nc(C2CC2)[nH]1. The van der Waals surface area contributed by atoms with Crippen LogP contribution < -0.4 is 5.56 Å². The van der Waals surface area contributed by atoms with Crippen LogP contribution in [-0.4, -0.2) is 15.0 Å². The average molecular weight is 313 g/mol. The molecular weight excluding hydrogens is 303 g/mol. The number of thiazole rings is 1. The first kappa shape index (κ1) is 14.0. The Kier molecular flexibility index (Phi) is 3.40. The Morgan fingerprint density at radius 1 is 1.24 bits per heavy atom. The minimum Gasteiger partial charge on any atom is -0.310 e. The maximum absolute atomic E-state index is 12.4. The highest BCUT2D eigenvalue weighted by molar-refractivity contribution is 7.09. The zero-order chi connectivity index (χ0) is 15.0. The van der Waals surface area contributed by atoms with E-state index in [1.165, 1.54) is 23.6 Å². The van der Waals surface area contributed by atoms with E-state index < -0.39 is 11.2 Å². The Hall–Kier alpha value is -1.96. The molecule has 3 rings (SSSR count). The second-order valence-corrected chi connectivity index (χ2v) is 5.60. The Labute approximate surface area is 121 Å². The zero-order valence-corrected chi connectivity index (χ0v) is 11.5. The monoisotopic (exact) mass is 313 g/mol. The molecule has 1 saturated carbocycles. The summed E-state index contributed by atoms with van der Waals surface area (Å²) < 4.78 is 37.3. The van der Waals surface area contributed by atoms with Crippen molar-refractivity contribution in [1.82, 2.24) is 15.0 Å². The number of hydrogen-bond acceptors (Lipinski definition) is 4. The quantitative estimate of drug-likeness (QED) is 0.946. The van der Waals surface area contributed by atoms with Crippen molar-refractivity contribution >= 4 is 23.5 Å². The summed E-state index contributed by atoms with van der Waals surface area (Å²) in [4.78, 5) is 21.9. The van der Waals surface area contributed by atoms with E-state index in [1.807, 2.05) is 0 Å². The van der Waals surface area contributed by atoms with Crippen LogP contribution in [-0.2, 0) is 6.18 Å². The Balaban J connectivity index is 1.82. The van der Waals surface area contributed by atoms with E-state index in [0.717, 1.165) is 12.8 Å². The molecule has 110 valence electrons. The molecule has 0 saturated heterocycles. The van der Waals surface area contributed by atoms with Gasteiger partial charge in [0.1, 0.15) is 5.82 Å². The summed E-state index contributed by atoms with van der Waals surface area (Å²) in [5.41, 5.74) is 0.352. The van der Waals surface area contributed by atoms with Crippen molar-refractivity contribution in [3.05, 3.63) is 44.0 Å². The molecule has 1 fully saturated rings. The van der Waals surface area contributed by atoms with Gasteiger partial charge in [-0.1, -0.05) is 0 Å². The smallest absolute Gasteiger partial charge is 0.310 e. The standard InChI is InChI=1S/C13H10F3N3OS/c14-13(15,16)12-18-9(6-21-12)4-3-8-5-10(20)19-11(17-8)7-1-2-7/h3-7H,1-2H2,(H,17,19,20)/b4-3+. The lowest BCUT2D eigenvalue weighted by Gasteiger charge is -1.99. The molecule has 1 aliphatic carbocycles. The van der Waals surface area contributed by atoms with Crippen molar-refractivity contribution in [3.8, 4) is 0 Å². The van der Waals surface area contributed by atoms with Crippen molar-refractivity contribution in [2.75, 3.05) is 0 Å². The number of aromatic amines is 1. The van der Waals surface area contributed by atoms with Crippen LogP contribution in [0.15, 0.2) is 16.2 Å². The van der Waals surface area contributed by atoms with Crippen molar-refractivity contribution < 1.29 is 13.2 Å². The normalized spacial score (nSPS) is 15.8. The van der Waals surface area contributed by atoms with E-state index in [0.29, 0.717) is 28.8 Å². The summed E-state index contributed by atoms with van der Waals surface area (Å²) in [6.45, 7) is 0. The largest absolute Gasteiger partial charge is 0.443 e. The van der Waals surface area contributed by atoms with E-state index in [9.17, 15) is 18.0 Å². The summed E-state index contributed by atoms with van der Waals surface area (Å²) in [5, 5.41) is 0.425. The average Bonchev–Trinajstić information content (AvgIpc) is 3.13. The third kappa shape index (κ3) is 3.38. The molecule has 21 heavy (non-hydrogen) atoms. The van der Waals surface area contributed by atoms with Crippen molar-refractivity contribution in [3.63, 3.8) is 0 Å². The van der Waals surface area contributed by atoms with E-state index in [2.05, 4.69) is 15.0 Å². The molecule has 0 unspecified atom stereocenters. The molecule has 0 bridgehead atoms. The third-order valence-corrected chi connectivity index (χ3v) is 3.84. The topological polar surface area (TPSA) is 58.6 Å². The highest BCUT2D eigenvalue weighted by Crippen LogP contribution is 2.37. The van der Waals surface area contributed by atoms with Gasteiger partial charge in [-0.3, -0.25) is 4.79 Å². The van der Waals surface area contributed by atoms with Gasteiger partial charge in [0, 0.05) is 17.4 Å². The summed E-state index contributed by atoms with van der Waals surface area (Å²) >= 11 is 0.537. The van der Waals surface area contributed by atoms with Gasteiger partial charge in [0.2, 0.25) is 0 Å². The van der Waals surface area contributed by atoms with Crippen LogP contribution in [0.1, 0.15) is 41.0 Å². The zero-order valence-electron chi connectivity index (χ0n) is 10.6. The molecule has 2 heterocycles. The predicted octanol–water partition coefficient (Wildman–Crippen LogP) is 3.29. The molecule has 2 aromatic rings. The van der Waals surface area contributed by atoms with Gasteiger partial charge >= 0.3 is 6.18 Å². The van der Waals surface area contributed by atoms with Crippen molar-refractivity contribution in [1.29, 1.82) is 0 Å². The van der Waals surface area contributed by atoms with Crippen LogP contribution in [0.25, 0.3) is 12.2 Å². The fraction of sp³-hybridized carbons (Fsp3) is 0.308. The van der Waals surface area contributed by atoms with Crippen LogP contribution in [0.4, 0.5) is 13.2 Å². The number of rotatable bonds is 3. The van der Waals surface area contributed by atoms with Gasteiger partial charge in [-0.15, -0.1) is 11.3 Å². The molecule has 0 spiro atoms. The molecule has 0 aromatic carbocycles. The van der Waals surface area contributed by atoms with E-state index in [-0.39, 0.29) is 11.3 Å². The lowest BCUT2D eigenvalue weighted by Crippen LogP contribution is -2.10. The number of hydrogen-bond donors (Lipinski definition) is 1. The minimum atomic E-state index is -4.43. The fourth-order valence-electron chi connectivity index (χ4n) is 1.80. The molecule has 0 radical (unpaired) electrons. The van der Waals surface area contributed by atoms with Crippen molar-refractivity contribution in [2.45, 2.75) is 24.9 Å². The summed E-state index contributed by atoms with van der Waals surface area (Å²) in [7, 11) is 0. The Bertz CT molecular complexity index is 744. The first-order valence-corrected chi connectivity index (χ1v) is 7.12. The van der Waals surface area contributed by atoms with E-state index >= 15 is 0 Å². The summed E-state index contributed by atoms with van der Waals surface area (Å²) in [6, 6.07) is 1.30. The molecule has 0 aliphatic heterocycles. The minimum absolute atomic E-state index is 0.197. The highest BCUT2D eigenvalue weighted by Gasteiger charge is 2.34. The second kappa shape index (κ2) is 5.10. The number of halogens is 3. The molecule has 0 amide bonds. The van der Waals surface area contributed by atoms with Crippen LogP contribution in [0.5, 0.6) is 0 Å². The van der Waals surface area contributed by atoms with Crippen molar-refractivity contribution in [2.24, 2.45) is 0 Å². The Morgan fingerprint density at radius 3 is 2.57 bits per heavy atom. The molecule has 8 heteroatoms. The van der Waals surface area contributed by atoms with E-state index in [4.69, 9.17) is 0 Å².